The molecular weight excluding hydrogens is 600 g/mol. The van der Waals surface area contributed by atoms with Crippen LogP contribution in [0.15, 0.2) is 79.0 Å². The number of nitrogens with zero attached hydrogens (tertiary/aromatic N) is 3. The van der Waals surface area contributed by atoms with E-state index in [1.54, 1.807) is 41.4 Å². The molecule has 0 unspecified atom stereocenters. The molecule has 2 aliphatic rings. The molecule has 0 spiro atoms. The Kier molecular flexibility index (Phi) is 7.97. The van der Waals surface area contributed by atoms with Gasteiger partial charge in [-0.3, -0.25) is 9.69 Å². The van der Waals surface area contributed by atoms with Gasteiger partial charge in [-0.05, 0) is 92.5 Å². The van der Waals surface area contributed by atoms with E-state index in [1.165, 1.54) is 11.3 Å². The number of aromatic nitrogens is 1. The van der Waals surface area contributed by atoms with Crippen molar-refractivity contribution in [3.05, 3.63) is 101 Å². The van der Waals surface area contributed by atoms with Crippen molar-refractivity contribution >= 4 is 50.6 Å². The van der Waals surface area contributed by atoms with Crippen LogP contribution in [0.4, 0.5) is 21.9 Å². The lowest BCUT2D eigenvalue weighted by Crippen LogP contribution is -2.43. The zero-order valence-corrected chi connectivity index (χ0v) is 25.8. The average Bonchev–Trinajstić information content (AvgIpc) is 3.46. The fourth-order valence-corrected chi connectivity index (χ4v) is 6.88. The van der Waals surface area contributed by atoms with Crippen LogP contribution in [0.3, 0.4) is 0 Å². The number of nitriles is 1. The minimum atomic E-state index is -0.350. The SMILES string of the molecule is Cc1cc(Oc2cccc(COc3ccccc3C#N)c2)ccc1N1C(=O)Nc2ccnc3sc(C(=O)NC4CCNCC4)c1c23. The first-order valence-electron chi connectivity index (χ1n) is 15.0. The molecule has 3 N–H and O–H groups in total. The molecular formula is C35H30N6O4S. The lowest BCUT2D eigenvalue weighted by molar-refractivity contribution is 0.0934. The van der Waals surface area contributed by atoms with Gasteiger partial charge in [0.05, 0.1) is 28.0 Å². The van der Waals surface area contributed by atoms with E-state index >= 15 is 0 Å². The average molecular weight is 631 g/mol. The van der Waals surface area contributed by atoms with Crippen molar-refractivity contribution in [1.29, 1.82) is 5.26 Å². The number of carbonyl (C=O) groups is 2. The maximum absolute atomic E-state index is 13.7. The van der Waals surface area contributed by atoms with Crippen molar-refractivity contribution < 1.29 is 19.1 Å². The van der Waals surface area contributed by atoms with Crippen LogP contribution in [0.25, 0.3) is 10.2 Å². The highest BCUT2D eigenvalue weighted by Crippen LogP contribution is 2.47. The van der Waals surface area contributed by atoms with Crippen molar-refractivity contribution in [3.8, 4) is 23.3 Å². The number of pyridine rings is 1. The highest BCUT2D eigenvalue weighted by molar-refractivity contribution is 7.21. The monoisotopic (exact) mass is 630 g/mol. The number of hydrogen-bond acceptors (Lipinski definition) is 8. The predicted octanol–water partition coefficient (Wildman–Crippen LogP) is 7.01. The third kappa shape index (κ3) is 5.72. The number of piperidine rings is 1. The first-order chi connectivity index (χ1) is 22.5. The van der Waals surface area contributed by atoms with Crippen LogP contribution >= 0.6 is 11.3 Å². The number of anilines is 3. The zero-order chi connectivity index (χ0) is 31.6. The molecule has 0 radical (unpaired) electrons. The second-order valence-electron chi connectivity index (χ2n) is 11.2. The van der Waals surface area contributed by atoms with E-state index in [0.29, 0.717) is 49.6 Å². The maximum Gasteiger partial charge on any atom is 0.331 e. The fraction of sp³-hybridized carbons (Fsp3) is 0.200. The van der Waals surface area contributed by atoms with Crippen LogP contribution in [0.2, 0.25) is 0 Å². The number of ether oxygens (including phenoxy) is 2. The van der Waals surface area contributed by atoms with Gasteiger partial charge in [0, 0.05) is 12.2 Å². The van der Waals surface area contributed by atoms with Gasteiger partial charge in [0.2, 0.25) is 0 Å². The van der Waals surface area contributed by atoms with Gasteiger partial charge in [0.25, 0.3) is 5.91 Å². The molecule has 7 rings (SSSR count). The van der Waals surface area contributed by atoms with Gasteiger partial charge in [-0.25, -0.2) is 9.78 Å². The number of thiophene rings is 1. The van der Waals surface area contributed by atoms with Crippen molar-refractivity contribution in [2.75, 3.05) is 23.3 Å². The summed E-state index contributed by atoms with van der Waals surface area (Å²) in [7, 11) is 0. The molecule has 0 atom stereocenters. The van der Waals surface area contributed by atoms with Crippen molar-refractivity contribution in [1.82, 2.24) is 15.6 Å². The number of urea groups is 1. The first-order valence-corrected chi connectivity index (χ1v) is 15.8. The number of hydrogen-bond donors (Lipinski definition) is 3. The second kappa shape index (κ2) is 12.5. The molecule has 3 aromatic carbocycles. The number of para-hydroxylation sites is 1. The summed E-state index contributed by atoms with van der Waals surface area (Å²) in [4.78, 5) is 34.5. The minimum Gasteiger partial charge on any atom is -0.488 e. The lowest BCUT2D eigenvalue weighted by atomic mass is 10.1. The number of nitrogens with one attached hydrogen (secondary N) is 3. The van der Waals surface area contributed by atoms with Gasteiger partial charge >= 0.3 is 6.03 Å². The van der Waals surface area contributed by atoms with E-state index in [0.717, 1.165) is 42.4 Å². The topological polar surface area (TPSA) is 129 Å². The van der Waals surface area contributed by atoms with Gasteiger partial charge in [-0.15, -0.1) is 11.3 Å². The molecule has 230 valence electrons. The zero-order valence-electron chi connectivity index (χ0n) is 25.0. The Labute approximate surface area is 269 Å². The van der Waals surface area contributed by atoms with Crippen molar-refractivity contribution in [2.24, 2.45) is 0 Å². The standard InChI is InChI=1S/C35H30N6O4S/c1-21-17-26(45-25-7-4-5-22(18-25)20-44-29-8-3-2-6-23(29)19-36)9-10-28(21)41-31-30-27(40-35(41)43)13-16-38-34(30)46-32(31)33(42)39-24-11-14-37-15-12-24/h2-10,13,16-18,24,37H,11-12,14-15,20H2,1H3,(H,39,42)(H,40,43). The first kappa shape index (κ1) is 29.3. The van der Waals surface area contributed by atoms with Crippen LogP contribution < -0.4 is 30.3 Å². The summed E-state index contributed by atoms with van der Waals surface area (Å²) in [6.45, 7) is 3.89. The predicted molar refractivity (Wildman–Crippen MR) is 177 cm³/mol. The number of carbonyl (C=O) groups excluding carboxylic acids is 2. The summed E-state index contributed by atoms with van der Waals surface area (Å²) >= 11 is 1.29. The third-order valence-corrected chi connectivity index (χ3v) is 9.15. The molecule has 4 heterocycles. The summed E-state index contributed by atoms with van der Waals surface area (Å²) < 4.78 is 12.1. The van der Waals surface area contributed by atoms with Crippen LogP contribution in [0, 0.1) is 18.3 Å². The van der Waals surface area contributed by atoms with Gasteiger partial charge < -0.3 is 25.4 Å². The Bertz CT molecular complexity index is 2010. The molecule has 2 aliphatic heterocycles. The molecule has 1 saturated heterocycles. The Hall–Kier alpha value is -5.44. The number of benzene rings is 3. The van der Waals surface area contributed by atoms with Gasteiger partial charge in [-0.1, -0.05) is 24.3 Å². The Morgan fingerprint density at radius 2 is 1.91 bits per heavy atom. The molecule has 3 amide bonds. The quantitative estimate of drug-likeness (QED) is 0.168. The van der Waals surface area contributed by atoms with E-state index in [9.17, 15) is 14.9 Å². The van der Waals surface area contributed by atoms with Crippen LogP contribution in [-0.4, -0.2) is 36.1 Å². The van der Waals surface area contributed by atoms with Crippen molar-refractivity contribution in [2.45, 2.75) is 32.4 Å². The molecule has 5 aromatic rings. The summed E-state index contributed by atoms with van der Waals surface area (Å²) in [5, 5.41) is 19.6. The Morgan fingerprint density at radius 1 is 1.09 bits per heavy atom. The van der Waals surface area contributed by atoms with Gasteiger partial charge in [-0.2, -0.15) is 5.26 Å². The lowest BCUT2D eigenvalue weighted by Gasteiger charge is -2.30. The minimum absolute atomic E-state index is 0.0704. The third-order valence-electron chi connectivity index (χ3n) is 8.06. The van der Waals surface area contributed by atoms with E-state index in [2.05, 4.69) is 27.0 Å². The van der Waals surface area contributed by atoms with E-state index < -0.39 is 0 Å². The summed E-state index contributed by atoms with van der Waals surface area (Å²) in [6.07, 6.45) is 3.35. The van der Waals surface area contributed by atoms with Gasteiger partial charge in [0.15, 0.2) is 0 Å². The summed E-state index contributed by atoms with van der Waals surface area (Å²) in [5.74, 6) is 1.53. The van der Waals surface area contributed by atoms with Crippen LogP contribution in [0.5, 0.6) is 17.2 Å². The molecule has 11 heteroatoms. The Morgan fingerprint density at radius 3 is 2.74 bits per heavy atom. The van der Waals surface area contributed by atoms with Crippen molar-refractivity contribution in [3.63, 3.8) is 0 Å². The molecule has 1 fully saturated rings. The smallest absolute Gasteiger partial charge is 0.331 e. The number of aryl methyl sites for hydroxylation is 1. The molecule has 2 aromatic heterocycles. The highest BCUT2D eigenvalue weighted by Gasteiger charge is 2.35. The molecule has 46 heavy (non-hydrogen) atoms. The van der Waals surface area contributed by atoms with Crippen LogP contribution in [0.1, 0.15) is 39.2 Å². The summed E-state index contributed by atoms with van der Waals surface area (Å²) in [6, 6.07) is 23.8. The van der Waals surface area contributed by atoms with E-state index in [4.69, 9.17) is 9.47 Å². The van der Waals surface area contributed by atoms with E-state index in [1.807, 2.05) is 49.4 Å². The Balaban J connectivity index is 1.15. The number of rotatable bonds is 8. The molecule has 0 saturated carbocycles. The maximum atomic E-state index is 13.7. The fourth-order valence-electron chi connectivity index (χ4n) is 5.82. The largest absolute Gasteiger partial charge is 0.488 e. The highest BCUT2D eigenvalue weighted by atomic mass is 32.1. The van der Waals surface area contributed by atoms with Crippen LogP contribution in [-0.2, 0) is 6.61 Å². The summed E-state index contributed by atoms with van der Waals surface area (Å²) in [5.41, 5.74) is 3.96. The van der Waals surface area contributed by atoms with E-state index in [-0.39, 0.29) is 24.6 Å². The molecule has 0 bridgehead atoms. The van der Waals surface area contributed by atoms with Gasteiger partial charge in [0.1, 0.15) is 39.6 Å². The molecule has 0 aliphatic carbocycles. The normalized spacial score (nSPS) is 14.4. The number of amides is 3. The second-order valence-corrected chi connectivity index (χ2v) is 12.2. The molecule has 10 nitrogen and oxygen atoms in total.